The van der Waals surface area contributed by atoms with E-state index in [4.69, 9.17) is 0 Å². The molecule has 0 unspecified atom stereocenters. The molecule has 0 saturated carbocycles. The first kappa shape index (κ1) is 13.8. The van der Waals surface area contributed by atoms with Crippen LogP contribution in [0.1, 0.15) is 0 Å². The van der Waals surface area contributed by atoms with Crippen LogP contribution in [0.25, 0.3) is 0 Å². The number of ketones is 2. The minimum absolute atomic E-state index is 0.0220. The standard InChI is InChI=1S/C9H6Br3NO3/c1-13(2)9(16)3-4(10)8(15)6(12)5(11)7(3)14/h1-2H3. The summed E-state index contributed by atoms with van der Waals surface area (Å²) in [4.78, 5) is 36.4. The summed E-state index contributed by atoms with van der Waals surface area (Å²) in [5.74, 6) is -1.46. The highest BCUT2D eigenvalue weighted by Gasteiger charge is 2.35. The first-order valence-corrected chi connectivity index (χ1v) is 6.43. The van der Waals surface area contributed by atoms with Crippen molar-refractivity contribution in [1.82, 2.24) is 4.90 Å². The van der Waals surface area contributed by atoms with E-state index in [1.165, 1.54) is 19.0 Å². The minimum Gasteiger partial charge on any atom is -0.345 e. The summed E-state index contributed by atoms with van der Waals surface area (Å²) in [7, 11) is 3.02. The number of hydrogen-bond acceptors (Lipinski definition) is 3. The van der Waals surface area contributed by atoms with E-state index < -0.39 is 17.5 Å². The van der Waals surface area contributed by atoms with Gasteiger partial charge in [0, 0.05) is 14.1 Å². The summed E-state index contributed by atoms with van der Waals surface area (Å²) in [6.45, 7) is 0. The van der Waals surface area contributed by atoms with Crippen molar-refractivity contribution in [3.63, 3.8) is 0 Å². The van der Waals surface area contributed by atoms with Crippen molar-refractivity contribution in [2.45, 2.75) is 0 Å². The number of carbonyl (C=O) groups is 3. The fourth-order valence-electron chi connectivity index (χ4n) is 1.03. The molecule has 0 heterocycles. The quantitative estimate of drug-likeness (QED) is 0.485. The summed E-state index contributed by atoms with van der Waals surface area (Å²) in [6, 6.07) is 0. The summed E-state index contributed by atoms with van der Waals surface area (Å²) >= 11 is 8.94. The Morgan fingerprint density at radius 1 is 0.938 bits per heavy atom. The maximum atomic E-state index is 11.8. The van der Waals surface area contributed by atoms with Gasteiger partial charge in [-0.2, -0.15) is 0 Å². The van der Waals surface area contributed by atoms with Crippen LogP contribution < -0.4 is 0 Å². The number of likely N-dealkylation sites (N-methyl/N-ethyl adjacent to an activating group) is 1. The number of rotatable bonds is 1. The van der Waals surface area contributed by atoms with E-state index in [0.29, 0.717) is 0 Å². The molecular formula is C9H6Br3NO3. The molecule has 0 radical (unpaired) electrons. The number of nitrogens with zero attached hydrogens (tertiary/aromatic N) is 1. The molecule has 4 nitrogen and oxygen atoms in total. The summed E-state index contributed by atoms with van der Waals surface area (Å²) < 4.78 is 0.150. The van der Waals surface area contributed by atoms with E-state index >= 15 is 0 Å². The molecule has 0 aromatic rings. The monoisotopic (exact) mass is 413 g/mol. The van der Waals surface area contributed by atoms with Crippen molar-refractivity contribution in [2.24, 2.45) is 0 Å². The van der Waals surface area contributed by atoms with E-state index in [1.54, 1.807) is 0 Å². The van der Waals surface area contributed by atoms with Gasteiger partial charge in [0.15, 0.2) is 0 Å². The first-order valence-electron chi connectivity index (χ1n) is 4.05. The number of hydrogen-bond donors (Lipinski definition) is 0. The van der Waals surface area contributed by atoms with Crippen LogP contribution in [0.5, 0.6) is 0 Å². The second-order valence-corrected chi connectivity index (χ2v) is 5.55. The van der Waals surface area contributed by atoms with E-state index in [1.807, 2.05) is 0 Å². The lowest BCUT2D eigenvalue weighted by molar-refractivity contribution is -0.127. The Morgan fingerprint density at radius 3 is 1.81 bits per heavy atom. The van der Waals surface area contributed by atoms with Crippen molar-refractivity contribution in [3.8, 4) is 0 Å². The molecule has 7 heteroatoms. The zero-order chi connectivity index (χ0) is 12.6. The van der Waals surface area contributed by atoms with Gasteiger partial charge in [0.05, 0.1) is 13.4 Å². The van der Waals surface area contributed by atoms with E-state index in [-0.39, 0.29) is 19.0 Å². The zero-order valence-electron chi connectivity index (χ0n) is 8.31. The summed E-state index contributed by atoms with van der Waals surface area (Å²) in [5.41, 5.74) is -0.162. The van der Waals surface area contributed by atoms with Crippen LogP contribution in [-0.2, 0) is 14.4 Å². The largest absolute Gasteiger partial charge is 0.345 e. The third kappa shape index (κ3) is 2.21. The van der Waals surface area contributed by atoms with Crippen molar-refractivity contribution in [2.75, 3.05) is 14.1 Å². The minimum atomic E-state index is -0.517. The van der Waals surface area contributed by atoms with Crippen LogP contribution in [0.4, 0.5) is 0 Å². The molecule has 0 aromatic carbocycles. The number of amides is 1. The molecule has 1 aliphatic rings. The van der Waals surface area contributed by atoms with Gasteiger partial charge in [0.2, 0.25) is 11.6 Å². The van der Waals surface area contributed by atoms with Gasteiger partial charge in [-0.15, -0.1) is 0 Å². The summed E-state index contributed by atoms with van der Waals surface area (Å²) in [6.07, 6.45) is 0. The first-order chi connectivity index (χ1) is 7.29. The van der Waals surface area contributed by atoms with Gasteiger partial charge < -0.3 is 4.90 Å². The topological polar surface area (TPSA) is 54.5 Å². The van der Waals surface area contributed by atoms with Gasteiger partial charge in [-0.1, -0.05) is 0 Å². The fourth-order valence-corrected chi connectivity index (χ4v) is 2.60. The summed E-state index contributed by atoms with van der Waals surface area (Å²) in [5, 5.41) is 0. The molecule has 86 valence electrons. The number of halogens is 3. The molecule has 0 fully saturated rings. The second-order valence-electron chi connectivity index (χ2n) is 3.17. The molecule has 0 aromatic heterocycles. The lowest BCUT2D eigenvalue weighted by Crippen LogP contribution is -2.31. The molecule has 0 atom stereocenters. The number of Topliss-reactive ketones (excluding diaryl/α,β-unsaturated/α-hetero) is 2. The maximum Gasteiger partial charge on any atom is 0.258 e. The van der Waals surface area contributed by atoms with Gasteiger partial charge in [-0.3, -0.25) is 14.4 Å². The van der Waals surface area contributed by atoms with Crippen LogP contribution >= 0.6 is 47.8 Å². The van der Waals surface area contributed by atoms with Crippen molar-refractivity contribution < 1.29 is 14.4 Å². The lowest BCUT2D eigenvalue weighted by Gasteiger charge is -2.17. The highest BCUT2D eigenvalue weighted by atomic mass is 79.9. The number of carbonyl (C=O) groups excluding carboxylic acids is 3. The molecule has 16 heavy (non-hydrogen) atoms. The molecule has 1 aliphatic carbocycles. The van der Waals surface area contributed by atoms with Gasteiger partial charge in [0.1, 0.15) is 5.57 Å². The predicted molar refractivity (Wildman–Crippen MR) is 69.5 cm³/mol. The smallest absolute Gasteiger partial charge is 0.258 e. The van der Waals surface area contributed by atoms with E-state index in [9.17, 15) is 14.4 Å². The van der Waals surface area contributed by atoms with E-state index in [0.717, 1.165) is 0 Å². The molecule has 0 aliphatic heterocycles. The molecular weight excluding hydrogens is 410 g/mol. The van der Waals surface area contributed by atoms with Crippen molar-refractivity contribution >= 4 is 65.3 Å². The van der Waals surface area contributed by atoms with Crippen molar-refractivity contribution in [3.05, 3.63) is 19.0 Å². The third-order valence-corrected chi connectivity index (χ3v) is 4.66. The zero-order valence-corrected chi connectivity index (χ0v) is 13.1. The average Bonchev–Trinajstić information content (AvgIpc) is 2.23. The van der Waals surface area contributed by atoms with Crippen LogP contribution in [0, 0.1) is 0 Å². The molecule has 1 amide bonds. The highest BCUT2D eigenvalue weighted by molar-refractivity contribution is 9.15. The van der Waals surface area contributed by atoms with Crippen molar-refractivity contribution in [1.29, 1.82) is 0 Å². The van der Waals surface area contributed by atoms with Crippen LogP contribution in [0.3, 0.4) is 0 Å². The Labute approximate surface area is 117 Å². The number of allylic oxidation sites excluding steroid dienone is 3. The predicted octanol–water partition coefficient (Wildman–Crippen LogP) is 1.88. The Balaban J connectivity index is 3.35. The fraction of sp³-hybridized carbons (Fsp3) is 0.222. The molecule has 0 N–H and O–H groups in total. The highest BCUT2D eigenvalue weighted by Crippen LogP contribution is 2.34. The van der Waals surface area contributed by atoms with Gasteiger partial charge in [0.25, 0.3) is 5.91 Å². The molecule has 0 bridgehead atoms. The third-order valence-electron chi connectivity index (χ3n) is 1.86. The SMILES string of the molecule is CN(C)C(=O)C1=C(Br)C(=O)C(Br)=C(Br)C1=O. The Bertz CT molecular complexity index is 463. The molecule has 0 spiro atoms. The second kappa shape index (κ2) is 4.93. The van der Waals surface area contributed by atoms with E-state index in [2.05, 4.69) is 47.8 Å². The van der Waals surface area contributed by atoms with Crippen LogP contribution in [0.15, 0.2) is 19.0 Å². The average molecular weight is 416 g/mol. The molecule has 1 rings (SSSR count). The van der Waals surface area contributed by atoms with Crippen LogP contribution in [0.2, 0.25) is 0 Å². The Kier molecular flexibility index (Phi) is 4.25. The lowest BCUT2D eigenvalue weighted by atomic mass is 10.0. The molecule has 0 saturated heterocycles. The maximum absolute atomic E-state index is 11.8. The normalized spacial score (nSPS) is 17.1. The Morgan fingerprint density at radius 2 is 1.38 bits per heavy atom. The van der Waals surface area contributed by atoms with Crippen LogP contribution in [-0.4, -0.2) is 36.5 Å². The van der Waals surface area contributed by atoms with Gasteiger partial charge in [-0.05, 0) is 47.8 Å². The van der Waals surface area contributed by atoms with Gasteiger partial charge >= 0.3 is 0 Å². The van der Waals surface area contributed by atoms with Gasteiger partial charge in [-0.25, -0.2) is 0 Å². The Hall–Kier alpha value is -0.270.